The van der Waals surface area contributed by atoms with Crippen molar-refractivity contribution in [3.8, 4) is 0 Å². The lowest BCUT2D eigenvalue weighted by molar-refractivity contribution is -0.119. The van der Waals surface area contributed by atoms with Gasteiger partial charge in [-0.25, -0.2) is 9.18 Å². The monoisotopic (exact) mass is 1850 g/mol. The van der Waals surface area contributed by atoms with Crippen LogP contribution in [0.15, 0.2) is 188 Å². The van der Waals surface area contributed by atoms with Gasteiger partial charge in [0.25, 0.3) is 17.7 Å². The van der Waals surface area contributed by atoms with Gasteiger partial charge in [0.15, 0.2) is 0 Å². The number of carbonyl (C=O) groups is 5. The van der Waals surface area contributed by atoms with Crippen LogP contribution in [0.2, 0.25) is 0 Å². The second kappa shape index (κ2) is 59.3. The number of piperidine rings is 1. The van der Waals surface area contributed by atoms with Crippen molar-refractivity contribution >= 4 is 29.7 Å². The predicted octanol–water partition coefficient (Wildman–Crippen LogP) is 18.5. The van der Waals surface area contributed by atoms with Gasteiger partial charge in [0.1, 0.15) is 23.6 Å². The Kier molecular flexibility index (Phi) is 48.2. The van der Waals surface area contributed by atoms with E-state index in [4.69, 9.17) is 23.7 Å². The van der Waals surface area contributed by atoms with E-state index >= 15 is 0 Å². The Labute approximate surface area is 801 Å². The van der Waals surface area contributed by atoms with Crippen LogP contribution in [0.5, 0.6) is 0 Å². The average molecular weight is 1850 g/mol. The van der Waals surface area contributed by atoms with Crippen LogP contribution in [0.4, 0.5) is 9.18 Å². The van der Waals surface area contributed by atoms with Gasteiger partial charge in [-0.2, -0.15) is 0 Å². The molecule has 2 heterocycles. The maximum absolute atomic E-state index is 14.0. The van der Waals surface area contributed by atoms with E-state index in [1.54, 1.807) is 26.4 Å². The van der Waals surface area contributed by atoms with Gasteiger partial charge in [0, 0.05) is 146 Å². The van der Waals surface area contributed by atoms with E-state index in [9.17, 15) is 38.6 Å². The molecule has 0 bridgehead atoms. The van der Waals surface area contributed by atoms with Gasteiger partial charge in [-0.1, -0.05) is 236 Å². The van der Waals surface area contributed by atoms with Crippen molar-refractivity contribution in [1.82, 2.24) is 52.3 Å². The third kappa shape index (κ3) is 36.3. The third-order valence-corrected chi connectivity index (χ3v) is 27.6. The van der Waals surface area contributed by atoms with Crippen molar-refractivity contribution < 1.29 is 62.3 Å². The van der Waals surface area contributed by atoms with Gasteiger partial charge in [0.2, 0.25) is 5.91 Å². The number of rotatable bonds is 47. The Morgan fingerprint density at radius 2 is 0.918 bits per heavy atom. The third-order valence-electron chi connectivity index (χ3n) is 27.6. The summed E-state index contributed by atoms with van der Waals surface area (Å²) < 4.78 is 42.3. The fourth-order valence-electron chi connectivity index (χ4n) is 20.2. The number of benzene rings is 7. The summed E-state index contributed by atoms with van der Waals surface area (Å²) in [6, 6.07) is 59.7. The summed E-state index contributed by atoms with van der Waals surface area (Å²) >= 11 is 0. The van der Waals surface area contributed by atoms with Crippen LogP contribution in [-0.2, 0) is 39.7 Å². The molecule has 3 saturated carbocycles. The molecule has 0 unspecified atom stereocenters. The van der Waals surface area contributed by atoms with Crippen LogP contribution in [-0.4, -0.2) is 207 Å². The van der Waals surface area contributed by atoms with Crippen LogP contribution in [0, 0.1) is 29.5 Å². The van der Waals surface area contributed by atoms with E-state index in [1.165, 1.54) is 115 Å². The first kappa shape index (κ1) is 109. The van der Waals surface area contributed by atoms with Crippen molar-refractivity contribution in [2.24, 2.45) is 23.7 Å². The number of carbonyl (C=O) groups excluding carboxylic acids is 5. The Bertz CT molecular complexity index is 4500. The first-order valence-electron chi connectivity index (χ1n) is 50.3. The van der Waals surface area contributed by atoms with Crippen LogP contribution in [0.1, 0.15) is 290 Å². The number of halogens is 1. The van der Waals surface area contributed by atoms with Crippen molar-refractivity contribution in [3.05, 3.63) is 250 Å². The standard InChI is InChI=1S/2C29H42N2O3.C28H39N3O3.C25H40FN3O3/c1-30-22-27(20-23-12-5-3-6-13-23)31-28(32)24-14-11-17-26(21-24)29(33,18-9-10-19-34-2)25-15-7-4-8-16-25;1-3-33-18-11-19-34-28(24-14-8-5-9-15-24)25-16-10-17-26(21-25)29(32)31-27(22-30-2)20-23-12-6-4-7-13-23;1-21(32)30-16-17-34-27(23-12-7-4-8-13-23)24-14-9-15-25(19-24)28(33)31-26(20-29-2)18-22-10-5-3-6-11-22;1-24(2)16-22(18-28(24)3)27-23(30)29-13-8-10-20(17-29)25(31,12-5-6-14-32-4)19-9-7-11-21(26)15-19/h4,7-8,11,14-17,21,23,27,30,33H,3,5-6,9-10,12-13,18-20,22H2,1-2H3,(H,31,32);5,8-10,14-17,21,23,27-28,30H,3-4,6-7,11-13,18-20,22H2,1-2H3,(H,31,32);4,7-9,12-15,19,22,26-27,29H,3,5-6,10-11,16-18,20H2,1-2H3,(H,30,32)(H,31,33);7,9,11,15,20,22,31H,5-6,8,10,12-14,16-18H2,1-4H3,(H,27,30)/t27-,29+;27-,28-;26-,27-;20-,22+,25-/m0001/s1. The number of unbranched alkanes of at least 4 members (excludes halogenated alkanes) is 2. The zero-order chi connectivity index (χ0) is 95.8. The maximum atomic E-state index is 14.0. The van der Waals surface area contributed by atoms with Gasteiger partial charge < -0.3 is 81.3 Å². The molecule has 7 aromatic rings. The minimum absolute atomic E-state index is 0.0129. The molecule has 6 amide bonds. The molecule has 0 spiro atoms. The second-order valence-corrected chi connectivity index (χ2v) is 38.5. The molecule has 2 aliphatic heterocycles. The SMILES string of the molecule is CCOCCCO[C@@H](c1ccccc1)c1cccc(C(=O)N[C@H](CNC)CC2CCCCC2)c1.CNC[C@H](CC1CCCCC1)NC(=O)c1cccc([C@@H](OCCNC(C)=O)c2ccccc2)c1.CNC[C@H](CC1CCCCC1)NC(=O)c1cccc([C@@](O)(CCCCOC)c2ccccc2)c1.COCCCC[C@@](O)(c1cccc(F)c1)[C@@H]1CCCN(C(=O)N[C@@H]2CN(C)C(C)(C)C2)C1. The molecule has 23 heteroatoms. The number of nitrogens with zero attached hydrogens (tertiary/aromatic N) is 2. The first-order valence-corrected chi connectivity index (χ1v) is 50.3. The molecular formula is C111H163FN10O12. The van der Waals surface area contributed by atoms with E-state index in [0.717, 1.165) is 130 Å². The zero-order valence-electron chi connectivity index (χ0n) is 82.4. The molecule has 22 nitrogen and oxygen atoms in total. The number of ether oxygens (including phenoxy) is 5. The summed E-state index contributed by atoms with van der Waals surface area (Å²) in [6.07, 6.45) is 29.8. The summed E-state index contributed by atoms with van der Waals surface area (Å²) in [6.45, 7) is 16.3. The molecule has 3 aliphatic carbocycles. The molecule has 0 aromatic heterocycles. The Morgan fingerprint density at radius 1 is 0.478 bits per heavy atom. The topological polar surface area (TPSA) is 275 Å². The van der Waals surface area contributed by atoms with Crippen LogP contribution in [0.3, 0.4) is 0 Å². The number of urea groups is 1. The quantitative estimate of drug-likeness (QED) is 0.0159. The molecule has 134 heavy (non-hydrogen) atoms. The molecule has 0 radical (unpaired) electrons. The fraction of sp³-hybridized carbons (Fsp3) is 0.577. The molecule has 10 N–H and O–H groups in total. The highest BCUT2D eigenvalue weighted by molar-refractivity contribution is 5.96. The highest BCUT2D eigenvalue weighted by Gasteiger charge is 2.43. The zero-order valence-corrected chi connectivity index (χ0v) is 82.4. The van der Waals surface area contributed by atoms with Crippen molar-refractivity contribution in [2.45, 2.75) is 261 Å². The van der Waals surface area contributed by atoms with E-state index in [0.29, 0.717) is 112 Å². The number of aliphatic hydroxyl groups is 2. The number of nitrogens with one attached hydrogen (secondary N) is 8. The number of amides is 6. The number of likely N-dealkylation sites (N-methyl/N-ethyl adjacent to an activating group) is 4. The van der Waals surface area contributed by atoms with Crippen LogP contribution < -0.4 is 42.5 Å². The summed E-state index contributed by atoms with van der Waals surface area (Å²) in [5.41, 5.74) is 5.84. The van der Waals surface area contributed by atoms with E-state index < -0.39 is 11.2 Å². The molecule has 5 aliphatic rings. The second-order valence-electron chi connectivity index (χ2n) is 38.5. The average Bonchev–Trinajstić information content (AvgIpc) is 0.949. The Hall–Kier alpha value is -8.82. The van der Waals surface area contributed by atoms with Crippen LogP contribution in [0.25, 0.3) is 0 Å². The van der Waals surface area contributed by atoms with Gasteiger partial charge >= 0.3 is 6.03 Å². The summed E-state index contributed by atoms with van der Waals surface area (Å²) in [4.78, 5) is 68.0. The minimum Gasteiger partial charge on any atom is -0.385 e. The lowest BCUT2D eigenvalue weighted by Crippen LogP contribution is -2.52. The van der Waals surface area contributed by atoms with Crippen molar-refractivity contribution in [3.63, 3.8) is 0 Å². The van der Waals surface area contributed by atoms with Crippen molar-refractivity contribution in [1.29, 1.82) is 0 Å². The van der Waals surface area contributed by atoms with Gasteiger partial charge in [-0.15, -0.1) is 0 Å². The molecule has 9 atom stereocenters. The molecule has 12 rings (SSSR count). The van der Waals surface area contributed by atoms with E-state index in [-0.39, 0.29) is 83.3 Å². The van der Waals surface area contributed by atoms with E-state index in [1.807, 2.05) is 185 Å². The predicted molar refractivity (Wildman–Crippen MR) is 536 cm³/mol. The summed E-state index contributed by atoms with van der Waals surface area (Å²) in [7, 11) is 11.3. The first-order chi connectivity index (χ1) is 65.0. The maximum Gasteiger partial charge on any atom is 0.317 e. The molecular weight excluding hydrogens is 1680 g/mol. The smallest absolute Gasteiger partial charge is 0.317 e. The largest absolute Gasteiger partial charge is 0.385 e. The number of methoxy groups -OCH3 is 2. The van der Waals surface area contributed by atoms with Gasteiger partial charge in [-0.05, 0) is 238 Å². The Morgan fingerprint density at radius 3 is 1.37 bits per heavy atom. The molecule has 736 valence electrons. The number of hydrogen-bond donors (Lipinski definition) is 10. The molecule has 5 fully saturated rings. The lowest BCUT2D eigenvalue weighted by Gasteiger charge is -2.43. The lowest BCUT2D eigenvalue weighted by atomic mass is 9.74. The highest BCUT2D eigenvalue weighted by Crippen LogP contribution is 2.42. The van der Waals surface area contributed by atoms with Crippen LogP contribution >= 0.6 is 0 Å². The minimum atomic E-state index is -1.18. The summed E-state index contributed by atoms with van der Waals surface area (Å²) in [5.74, 6) is 1.38. The fourth-order valence-corrected chi connectivity index (χ4v) is 20.2. The summed E-state index contributed by atoms with van der Waals surface area (Å²) in [5, 5.41) is 49.2. The number of likely N-dealkylation sites (tertiary alicyclic amines) is 2. The van der Waals surface area contributed by atoms with E-state index in [2.05, 4.69) is 80.5 Å². The van der Waals surface area contributed by atoms with Gasteiger partial charge in [0.05, 0.1) is 18.8 Å². The normalized spacial score (nSPS) is 18.6. The van der Waals surface area contributed by atoms with Gasteiger partial charge in [-0.3, -0.25) is 24.1 Å². The Balaban J connectivity index is 0.000000201. The van der Waals surface area contributed by atoms with Crippen molar-refractivity contribution in [2.75, 3.05) is 128 Å². The molecule has 2 saturated heterocycles. The number of hydrogen-bond acceptors (Lipinski definition) is 16. The molecule has 7 aromatic carbocycles. The highest BCUT2D eigenvalue weighted by atomic mass is 19.1.